The van der Waals surface area contributed by atoms with Crippen molar-refractivity contribution in [1.29, 1.82) is 0 Å². The summed E-state index contributed by atoms with van der Waals surface area (Å²) in [6.45, 7) is 2.69. The molecular formula is C14H16N2O2S. The summed E-state index contributed by atoms with van der Waals surface area (Å²) in [5.41, 5.74) is 1.00. The van der Waals surface area contributed by atoms with E-state index >= 15 is 0 Å². The van der Waals surface area contributed by atoms with Gasteiger partial charge in [0.05, 0.1) is 0 Å². The molecule has 4 nitrogen and oxygen atoms in total. The van der Waals surface area contributed by atoms with Gasteiger partial charge in [-0.15, -0.1) is 0 Å². The largest absolute Gasteiger partial charge is 0.507 e. The van der Waals surface area contributed by atoms with Gasteiger partial charge in [0.2, 0.25) is 0 Å². The first-order chi connectivity index (χ1) is 9.13. The number of unbranched alkanes of at least 4 members (excludes halogenated alkanes) is 1. The molecule has 5 heteroatoms. The zero-order valence-electron chi connectivity index (χ0n) is 10.7. The Labute approximate surface area is 117 Å². The number of phenols is 1. The number of hydrogen-bond acceptors (Lipinski definition) is 3. The lowest BCUT2D eigenvalue weighted by atomic mass is 10.1. The van der Waals surface area contributed by atoms with Crippen LogP contribution in [0, 0.1) is 0 Å². The summed E-state index contributed by atoms with van der Waals surface area (Å²) < 4.78 is 0. The summed E-state index contributed by atoms with van der Waals surface area (Å²) in [6, 6.07) is 6.87. The van der Waals surface area contributed by atoms with Crippen LogP contribution in [-0.2, 0) is 4.79 Å². The first-order valence-corrected chi connectivity index (χ1v) is 6.67. The van der Waals surface area contributed by atoms with E-state index in [0.29, 0.717) is 22.9 Å². The standard InChI is InChI=1S/C14H16N2O2S/c1-2-3-8-16-13(18)11(15-14(16)19)9-10-6-4-5-7-12(10)17/h4-7,9,17H,2-3,8H2,1H3,(H,15,19)/b11-9+. The summed E-state index contributed by atoms with van der Waals surface area (Å²) in [5.74, 6) is 0.00392. The number of para-hydroxylation sites is 1. The van der Waals surface area contributed by atoms with Crippen LogP contribution in [0.5, 0.6) is 5.75 Å². The number of rotatable bonds is 4. The van der Waals surface area contributed by atoms with E-state index in [1.165, 1.54) is 0 Å². The monoisotopic (exact) mass is 276 g/mol. The highest BCUT2D eigenvalue weighted by Gasteiger charge is 2.29. The van der Waals surface area contributed by atoms with Crippen molar-refractivity contribution in [2.45, 2.75) is 19.8 Å². The Morgan fingerprint density at radius 1 is 1.42 bits per heavy atom. The quantitative estimate of drug-likeness (QED) is 0.654. The van der Waals surface area contributed by atoms with Crippen LogP contribution in [-0.4, -0.2) is 27.6 Å². The van der Waals surface area contributed by atoms with Crippen molar-refractivity contribution in [3.05, 3.63) is 35.5 Å². The Hall–Kier alpha value is -1.88. The van der Waals surface area contributed by atoms with Crippen LogP contribution in [0.25, 0.3) is 6.08 Å². The molecule has 1 aromatic rings. The molecular weight excluding hydrogens is 260 g/mol. The van der Waals surface area contributed by atoms with Gasteiger partial charge in [-0.3, -0.25) is 9.69 Å². The molecule has 2 rings (SSSR count). The van der Waals surface area contributed by atoms with Gasteiger partial charge >= 0.3 is 0 Å². The van der Waals surface area contributed by atoms with E-state index in [0.717, 1.165) is 12.8 Å². The van der Waals surface area contributed by atoms with Gasteiger partial charge in [0.15, 0.2) is 5.11 Å². The van der Waals surface area contributed by atoms with E-state index in [1.54, 1.807) is 35.2 Å². The van der Waals surface area contributed by atoms with Gasteiger partial charge in [-0.25, -0.2) is 0 Å². The number of carbonyl (C=O) groups is 1. The number of nitrogens with zero attached hydrogens (tertiary/aromatic N) is 1. The Bertz CT molecular complexity index is 540. The first kappa shape index (κ1) is 13.5. The molecule has 1 saturated heterocycles. The molecule has 0 bridgehead atoms. The van der Waals surface area contributed by atoms with Crippen LogP contribution in [0.3, 0.4) is 0 Å². The van der Waals surface area contributed by atoms with E-state index in [4.69, 9.17) is 12.2 Å². The Kier molecular flexibility index (Phi) is 4.16. The number of carbonyl (C=O) groups excluding carboxylic acids is 1. The van der Waals surface area contributed by atoms with Crippen molar-refractivity contribution in [2.24, 2.45) is 0 Å². The number of aromatic hydroxyl groups is 1. The molecule has 0 atom stereocenters. The molecule has 0 unspecified atom stereocenters. The van der Waals surface area contributed by atoms with Crippen LogP contribution < -0.4 is 5.32 Å². The minimum atomic E-state index is -0.137. The van der Waals surface area contributed by atoms with Crippen LogP contribution in [0.15, 0.2) is 30.0 Å². The van der Waals surface area contributed by atoms with E-state index in [-0.39, 0.29) is 11.7 Å². The summed E-state index contributed by atoms with van der Waals surface area (Å²) in [7, 11) is 0. The number of phenolic OH excluding ortho intramolecular Hbond substituents is 1. The van der Waals surface area contributed by atoms with E-state index in [2.05, 4.69) is 12.2 Å². The smallest absolute Gasteiger partial charge is 0.276 e. The summed E-state index contributed by atoms with van der Waals surface area (Å²) in [4.78, 5) is 13.7. The van der Waals surface area contributed by atoms with Crippen LogP contribution in [0.1, 0.15) is 25.3 Å². The predicted molar refractivity (Wildman–Crippen MR) is 78.4 cm³/mol. The number of benzene rings is 1. The zero-order valence-corrected chi connectivity index (χ0v) is 11.5. The molecule has 1 heterocycles. The van der Waals surface area contributed by atoms with E-state index in [1.807, 2.05) is 0 Å². The highest BCUT2D eigenvalue weighted by Crippen LogP contribution is 2.21. The summed E-state index contributed by atoms with van der Waals surface area (Å²) >= 11 is 5.15. The van der Waals surface area contributed by atoms with Gasteiger partial charge < -0.3 is 10.4 Å². The lowest BCUT2D eigenvalue weighted by Crippen LogP contribution is -2.31. The van der Waals surface area contributed by atoms with Gasteiger partial charge in [0, 0.05) is 12.1 Å². The lowest BCUT2D eigenvalue weighted by molar-refractivity contribution is -0.122. The third kappa shape index (κ3) is 2.93. The normalized spacial score (nSPS) is 17.1. The van der Waals surface area contributed by atoms with Crippen molar-refractivity contribution < 1.29 is 9.90 Å². The van der Waals surface area contributed by atoms with Gasteiger partial charge in [-0.05, 0) is 30.8 Å². The van der Waals surface area contributed by atoms with Crippen molar-refractivity contribution in [1.82, 2.24) is 10.2 Å². The molecule has 2 N–H and O–H groups in total. The molecule has 1 amide bonds. The zero-order chi connectivity index (χ0) is 13.8. The topological polar surface area (TPSA) is 52.6 Å². The molecule has 0 spiro atoms. The number of amides is 1. The molecule has 0 aromatic heterocycles. The molecule has 0 saturated carbocycles. The van der Waals surface area contributed by atoms with Gasteiger partial charge in [-0.2, -0.15) is 0 Å². The fourth-order valence-corrected chi connectivity index (χ4v) is 2.14. The fraction of sp³-hybridized carbons (Fsp3) is 0.286. The number of nitrogens with one attached hydrogen (secondary N) is 1. The third-order valence-electron chi connectivity index (χ3n) is 2.93. The molecule has 1 fully saturated rings. The van der Waals surface area contributed by atoms with Crippen LogP contribution >= 0.6 is 12.2 Å². The minimum Gasteiger partial charge on any atom is -0.507 e. The summed E-state index contributed by atoms with van der Waals surface area (Å²) in [6.07, 6.45) is 3.54. The second-order valence-corrected chi connectivity index (χ2v) is 4.74. The van der Waals surface area contributed by atoms with Gasteiger partial charge in [0.1, 0.15) is 11.4 Å². The fourth-order valence-electron chi connectivity index (χ4n) is 1.86. The highest BCUT2D eigenvalue weighted by atomic mass is 32.1. The molecule has 1 aliphatic rings. The summed E-state index contributed by atoms with van der Waals surface area (Å²) in [5, 5.41) is 13.0. The molecule has 19 heavy (non-hydrogen) atoms. The Morgan fingerprint density at radius 2 is 2.16 bits per heavy atom. The second kappa shape index (κ2) is 5.84. The molecule has 1 aliphatic heterocycles. The average Bonchev–Trinajstić information content (AvgIpc) is 2.65. The average molecular weight is 276 g/mol. The first-order valence-electron chi connectivity index (χ1n) is 6.26. The molecule has 0 radical (unpaired) electrons. The van der Waals surface area contributed by atoms with E-state index in [9.17, 15) is 9.90 Å². The minimum absolute atomic E-state index is 0.137. The van der Waals surface area contributed by atoms with Crippen LogP contribution in [0.2, 0.25) is 0 Å². The maximum absolute atomic E-state index is 12.2. The SMILES string of the molecule is CCCCN1C(=O)/C(=C\c2ccccc2O)NC1=S. The predicted octanol–water partition coefficient (Wildman–Crippen LogP) is 2.25. The van der Waals surface area contributed by atoms with E-state index < -0.39 is 0 Å². The van der Waals surface area contributed by atoms with Gasteiger partial charge in [-0.1, -0.05) is 31.5 Å². The van der Waals surface area contributed by atoms with Gasteiger partial charge in [0.25, 0.3) is 5.91 Å². The molecule has 1 aromatic carbocycles. The maximum Gasteiger partial charge on any atom is 0.276 e. The highest BCUT2D eigenvalue weighted by molar-refractivity contribution is 7.80. The van der Waals surface area contributed by atoms with Crippen molar-refractivity contribution in [2.75, 3.05) is 6.54 Å². The Morgan fingerprint density at radius 3 is 2.84 bits per heavy atom. The second-order valence-electron chi connectivity index (χ2n) is 4.36. The van der Waals surface area contributed by atoms with Crippen molar-refractivity contribution >= 4 is 29.3 Å². The molecule has 100 valence electrons. The van der Waals surface area contributed by atoms with Crippen LogP contribution in [0.4, 0.5) is 0 Å². The third-order valence-corrected chi connectivity index (χ3v) is 3.26. The lowest BCUT2D eigenvalue weighted by Gasteiger charge is -2.12. The number of thiocarbonyl (C=S) groups is 1. The van der Waals surface area contributed by atoms with Crippen molar-refractivity contribution in [3.8, 4) is 5.75 Å². The Balaban J connectivity index is 2.21. The number of hydrogen-bond donors (Lipinski definition) is 2. The van der Waals surface area contributed by atoms with Crippen molar-refractivity contribution in [3.63, 3.8) is 0 Å². The molecule has 0 aliphatic carbocycles. The maximum atomic E-state index is 12.2.